The minimum atomic E-state index is -1.15. The van der Waals surface area contributed by atoms with E-state index in [0.29, 0.717) is 0 Å². The number of aliphatic hydroxyl groups excluding tert-OH is 1. The Labute approximate surface area is 138 Å². The summed E-state index contributed by atoms with van der Waals surface area (Å²) in [4.78, 5) is 15.9. The number of benzene rings is 1. The van der Waals surface area contributed by atoms with Crippen molar-refractivity contribution >= 4 is 12.0 Å². The van der Waals surface area contributed by atoms with Crippen LogP contribution in [0, 0.1) is 18.6 Å². The number of rotatable bonds is 5. The summed E-state index contributed by atoms with van der Waals surface area (Å²) < 4.78 is 26.1. The molecule has 0 aliphatic carbocycles. The van der Waals surface area contributed by atoms with Gasteiger partial charge in [-0.3, -0.25) is 9.78 Å². The molecule has 6 heteroatoms. The smallest absolute Gasteiger partial charge is 0.244 e. The molecular formula is C18H18F2N2O2. The molecule has 4 nitrogen and oxygen atoms in total. The van der Waals surface area contributed by atoms with Gasteiger partial charge in [0.05, 0.1) is 12.1 Å². The fraction of sp³-hybridized carbons (Fsp3) is 0.222. The molecule has 0 spiro atoms. The summed E-state index contributed by atoms with van der Waals surface area (Å²) in [6, 6.07) is 4.32. The van der Waals surface area contributed by atoms with Crippen molar-refractivity contribution in [3.05, 3.63) is 71.1 Å². The van der Waals surface area contributed by atoms with E-state index >= 15 is 0 Å². The predicted octanol–water partition coefficient (Wildman–Crippen LogP) is 2.92. The number of nitrogens with zero attached hydrogens (tertiary/aromatic N) is 1. The predicted molar refractivity (Wildman–Crippen MR) is 86.9 cm³/mol. The molecule has 0 saturated carbocycles. The molecule has 1 heterocycles. The Balaban J connectivity index is 1.98. The Morgan fingerprint density at radius 3 is 2.67 bits per heavy atom. The monoisotopic (exact) mass is 332 g/mol. The summed E-state index contributed by atoms with van der Waals surface area (Å²) in [6.07, 6.45) is 5.10. The van der Waals surface area contributed by atoms with Gasteiger partial charge in [-0.15, -0.1) is 0 Å². The van der Waals surface area contributed by atoms with Gasteiger partial charge in [-0.25, -0.2) is 8.78 Å². The number of aryl methyl sites for hydroxylation is 1. The number of pyridine rings is 1. The second kappa shape index (κ2) is 7.79. The van der Waals surface area contributed by atoms with Crippen LogP contribution in [0.15, 0.2) is 42.7 Å². The van der Waals surface area contributed by atoms with Gasteiger partial charge >= 0.3 is 0 Å². The molecule has 1 aromatic carbocycles. The van der Waals surface area contributed by atoms with Crippen LogP contribution in [0.5, 0.6) is 0 Å². The Kier molecular flexibility index (Phi) is 5.76. The van der Waals surface area contributed by atoms with E-state index in [-0.39, 0.29) is 5.56 Å². The first-order valence-electron chi connectivity index (χ1n) is 7.40. The van der Waals surface area contributed by atoms with Crippen molar-refractivity contribution in [2.75, 3.05) is 0 Å². The number of carbonyl (C=O) groups is 1. The van der Waals surface area contributed by atoms with Crippen LogP contribution in [-0.2, 0) is 4.79 Å². The van der Waals surface area contributed by atoms with Crippen LogP contribution in [0.25, 0.3) is 6.08 Å². The molecule has 2 N–H and O–H groups in total. The number of aliphatic hydroxyl groups is 1. The first-order valence-corrected chi connectivity index (χ1v) is 7.40. The molecule has 0 aliphatic rings. The molecular weight excluding hydrogens is 314 g/mol. The molecule has 1 amide bonds. The van der Waals surface area contributed by atoms with Crippen molar-refractivity contribution in [1.82, 2.24) is 10.3 Å². The van der Waals surface area contributed by atoms with Crippen LogP contribution < -0.4 is 5.32 Å². The van der Waals surface area contributed by atoms with E-state index in [4.69, 9.17) is 0 Å². The summed E-state index contributed by atoms with van der Waals surface area (Å²) in [7, 11) is 0. The van der Waals surface area contributed by atoms with Crippen molar-refractivity contribution in [1.29, 1.82) is 0 Å². The third-order valence-corrected chi connectivity index (χ3v) is 3.45. The molecule has 0 aliphatic heterocycles. The zero-order chi connectivity index (χ0) is 17.7. The van der Waals surface area contributed by atoms with Crippen LogP contribution >= 0.6 is 0 Å². The minimum Gasteiger partial charge on any atom is -0.386 e. The normalized spacial score (nSPS) is 13.7. The molecule has 2 atom stereocenters. The van der Waals surface area contributed by atoms with E-state index in [1.807, 2.05) is 13.0 Å². The SMILES string of the molecule is Cc1cncc(/C=C/C(=O)NC(C)C(O)c2ccc(F)c(F)c2)c1. The summed E-state index contributed by atoms with van der Waals surface area (Å²) in [5, 5.41) is 12.7. The Morgan fingerprint density at radius 1 is 1.25 bits per heavy atom. The Morgan fingerprint density at radius 2 is 2.00 bits per heavy atom. The van der Waals surface area contributed by atoms with Crippen LogP contribution in [0.1, 0.15) is 29.7 Å². The van der Waals surface area contributed by atoms with Gasteiger partial charge in [0.25, 0.3) is 0 Å². The first kappa shape index (κ1) is 17.7. The van der Waals surface area contributed by atoms with Gasteiger partial charge < -0.3 is 10.4 Å². The maximum Gasteiger partial charge on any atom is 0.244 e. The lowest BCUT2D eigenvalue weighted by molar-refractivity contribution is -0.117. The molecule has 0 fully saturated rings. The average molecular weight is 332 g/mol. The van der Waals surface area contributed by atoms with Crippen molar-refractivity contribution in [3.63, 3.8) is 0 Å². The molecule has 24 heavy (non-hydrogen) atoms. The zero-order valence-corrected chi connectivity index (χ0v) is 13.3. The number of nitrogens with one attached hydrogen (secondary N) is 1. The van der Waals surface area contributed by atoms with Crippen molar-refractivity contribution in [2.45, 2.75) is 26.0 Å². The standard InChI is InChI=1S/C18H18F2N2O2/c1-11-7-13(10-21-9-11)3-6-17(23)22-12(2)18(24)14-4-5-15(19)16(20)8-14/h3-10,12,18,24H,1-2H3,(H,22,23)/b6-3+. The highest BCUT2D eigenvalue weighted by atomic mass is 19.2. The number of amides is 1. The first-order chi connectivity index (χ1) is 11.4. The third kappa shape index (κ3) is 4.70. The van der Waals surface area contributed by atoms with Crippen LogP contribution in [0.2, 0.25) is 0 Å². The number of aromatic nitrogens is 1. The average Bonchev–Trinajstić information content (AvgIpc) is 2.55. The van der Waals surface area contributed by atoms with E-state index in [0.717, 1.165) is 23.3 Å². The van der Waals surface area contributed by atoms with Gasteiger partial charge in [-0.05, 0) is 54.8 Å². The van der Waals surface area contributed by atoms with E-state index in [1.54, 1.807) is 25.4 Å². The number of hydrogen-bond donors (Lipinski definition) is 2. The highest BCUT2D eigenvalue weighted by Crippen LogP contribution is 2.19. The largest absolute Gasteiger partial charge is 0.386 e. The lowest BCUT2D eigenvalue weighted by Gasteiger charge is -2.20. The van der Waals surface area contributed by atoms with Gasteiger partial charge in [0, 0.05) is 18.5 Å². The van der Waals surface area contributed by atoms with E-state index < -0.39 is 29.7 Å². The molecule has 2 unspecified atom stereocenters. The Bertz CT molecular complexity index is 762. The van der Waals surface area contributed by atoms with Gasteiger partial charge in [-0.2, -0.15) is 0 Å². The van der Waals surface area contributed by atoms with Crippen LogP contribution in [0.3, 0.4) is 0 Å². The minimum absolute atomic E-state index is 0.188. The number of halogens is 2. The molecule has 126 valence electrons. The molecule has 0 bridgehead atoms. The van der Waals surface area contributed by atoms with Crippen molar-refractivity contribution in [2.24, 2.45) is 0 Å². The highest BCUT2D eigenvalue weighted by Gasteiger charge is 2.19. The summed E-state index contributed by atoms with van der Waals surface area (Å²) in [5.41, 5.74) is 1.94. The van der Waals surface area contributed by atoms with Gasteiger partial charge in [0.15, 0.2) is 11.6 Å². The van der Waals surface area contributed by atoms with E-state index in [9.17, 15) is 18.7 Å². The summed E-state index contributed by atoms with van der Waals surface area (Å²) in [6.45, 7) is 3.47. The van der Waals surface area contributed by atoms with Crippen LogP contribution in [0.4, 0.5) is 8.78 Å². The Hall–Kier alpha value is -2.60. The number of hydrogen-bond acceptors (Lipinski definition) is 3. The van der Waals surface area contributed by atoms with Gasteiger partial charge in [-0.1, -0.05) is 6.07 Å². The molecule has 1 aromatic heterocycles. The lowest BCUT2D eigenvalue weighted by Crippen LogP contribution is -2.36. The van der Waals surface area contributed by atoms with Gasteiger partial charge in [0.1, 0.15) is 0 Å². The fourth-order valence-corrected chi connectivity index (χ4v) is 2.18. The second-order valence-corrected chi connectivity index (χ2v) is 5.54. The van der Waals surface area contributed by atoms with Crippen LogP contribution in [-0.4, -0.2) is 22.0 Å². The second-order valence-electron chi connectivity index (χ2n) is 5.54. The highest BCUT2D eigenvalue weighted by molar-refractivity contribution is 5.91. The summed E-state index contributed by atoms with van der Waals surface area (Å²) in [5.74, 6) is -2.44. The summed E-state index contributed by atoms with van der Waals surface area (Å²) >= 11 is 0. The maximum absolute atomic E-state index is 13.2. The molecule has 0 radical (unpaired) electrons. The third-order valence-electron chi connectivity index (χ3n) is 3.45. The number of carbonyl (C=O) groups excluding carboxylic acids is 1. The van der Waals surface area contributed by atoms with Crippen molar-refractivity contribution in [3.8, 4) is 0 Å². The molecule has 2 aromatic rings. The maximum atomic E-state index is 13.2. The zero-order valence-electron chi connectivity index (χ0n) is 13.3. The van der Waals surface area contributed by atoms with Gasteiger partial charge in [0.2, 0.25) is 5.91 Å². The molecule has 0 saturated heterocycles. The van der Waals surface area contributed by atoms with Crippen molar-refractivity contribution < 1.29 is 18.7 Å². The van der Waals surface area contributed by atoms with E-state index in [1.165, 1.54) is 12.1 Å². The topological polar surface area (TPSA) is 62.2 Å². The lowest BCUT2D eigenvalue weighted by atomic mass is 10.0. The van der Waals surface area contributed by atoms with E-state index in [2.05, 4.69) is 10.3 Å². The quantitative estimate of drug-likeness (QED) is 0.828. The fourth-order valence-electron chi connectivity index (χ4n) is 2.18. The molecule has 2 rings (SSSR count).